The lowest BCUT2D eigenvalue weighted by atomic mass is 9.92. The summed E-state index contributed by atoms with van der Waals surface area (Å²) >= 11 is 6.60. The number of alkyl halides is 6. The van der Waals surface area contributed by atoms with E-state index >= 15 is 0 Å². The van der Waals surface area contributed by atoms with Gasteiger partial charge in [0.1, 0.15) is 0 Å². The minimum Gasteiger partial charge on any atom is -0.369 e. The molecule has 0 aliphatic heterocycles. The summed E-state index contributed by atoms with van der Waals surface area (Å²) in [5.41, 5.74) is -6.79. The second-order valence-electron chi connectivity index (χ2n) is 5.31. The van der Waals surface area contributed by atoms with Crippen molar-refractivity contribution < 1.29 is 39.9 Å². The molecule has 1 aromatic heterocycles. The van der Waals surface area contributed by atoms with Gasteiger partial charge in [0.2, 0.25) is 0 Å². The first-order valence-corrected chi connectivity index (χ1v) is 9.51. The quantitative estimate of drug-likeness (QED) is 0.692. The summed E-state index contributed by atoms with van der Waals surface area (Å²) in [5, 5.41) is 10.6. The summed E-state index contributed by atoms with van der Waals surface area (Å²) < 4.78 is 103. The molecule has 0 atom stereocenters. The van der Waals surface area contributed by atoms with Gasteiger partial charge in [-0.15, -0.1) is 11.3 Å². The first-order chi connectivity index (χ1) is 12.1. The molecule has 1 heterocycles. The molecular weight excluding hydrogens is 444 g/mol. The second-order valence-corrected chi connectivity index (χ2v) is 8.82. The smallest absolute Gasteiger partial charge is 0.369 e. The summed E-state index contributed by atoms with van der Waals surface area (Å²) in [6, 6.07) is 3.33. The van der Waals surface area contributed by atoms with Gasteiger partial charge in [0.15, 0.2) is 0 Å². The van der Waals surface area contributed by atoms with Crippen LogP contribution in [0.4, 0.5) is 32.0 Å². The van der Waals surface area contributed by atoms with Crippen LogP contribution in [0.15, 0.2) is 40.6 Å². The summed E-state index contributed by atoms with van der Waals surface area (Å²) in [4.78, 5) is -0.189. The number of benzene rings is 1. The number of rotatable bonds is 4. The van der Waals surface area contributed by atoms with Crippen LogP contribution in [0.25, 0.3) is 0 Å². The fourth-order valence-corrected chi connectivity index (χ4v) is 4.62. The highest BCUT2D eigenvalue weighted by Gasteiger charge is 2.71. The van der Waals surface area contributed by atoms with Crippen LogP contribution in [0, 0.1) is 0 Å². The lowest BCUT2D eigenvalue weighted by Crippen LogP contribution is -2.53. The summed E-state index contributed by atoms with van der Waals surface area (Å²) in [6.45, 7) is 0. The molecule has 13 heteroatoms. The molecule has 0 saturated carbocycles. The average Bonchev–Trinajstić information content (AvgIpc) is 2.98. The predicted molar refractivity (Wildman–Crippen MR) is 87.4 cm³/mol. The Morgan fingerprint density at radius 2 is 1.52 bits per heavy atom. The van der Waals surface area contributed by atoms with Gasteiger partial charge in [0, 0.05) is 18.0 Å². The van der Waals surface area contributed by atoms with Crippen LogP contribution in [-0.2, 0) is 15.6 Å². The van der Waals surface area contributed by atoms with Crippen molar-refractivity contribution in [2.75, 3.05) is 11.4 Å². The van der Waals surface area contributed by atoms with Gasteiger partial charge < -0.3 is 5.11 Å². The Hall–Kier alpha value is -1.50. The van der Waals surface area contributed by atoms with E-state index in [-0.39, 0.29) is 14.9 Å². The molecule has 150 valence electrons. The van der Waals surface area contributed by atoms with Gasteiger partial charge in [0.05, 0.1) is 14.9 Å². The maximum atomic E-state index is 12.9. The maximum absolute atomic E-state index is 12.9. The molecule has 0 saturated heterocycles. The van der Waals surface area contributed by atoms with Crippen LogP contribution in [-0.4, -0.2) is 32.9 Å². The SMILES string of the molecule is CN(c1ccc(C(O)(C(F)(F)F)C(F)(F)F)cc1)S(=O)(=O)c1csc(Cl)c1. The Kier molecular flexibility index (Phi) is 5.52. The number of hydrogen-bond acceptors (Lipinski definition) is 4. The van der Waals surface area contributed by atoms with Gasteiger partial charge in [-0.1, -0.05) is 23.7 Å². The number of aliphatic hydroxyl groups is 1. The summed E-state index contributed by atoms with van der Waals surface area (Å²) in [7, 11) is -3.06. The molecule has 4 nitrogen and oxygen atoms in total. The number of nitrogens with zero attached hydrogens (tertiary/aromatic N) is 1. The van der Waals surface area contributed by atoms with Crippen LogP contribution >= 0.6 is 22.9 Å². The zero-order chi connectivity index (χ0) is 20.8. The van der Waals surface area contributed by atoms with Crippen molar-refractivity contribution >= 4 is 38.6 Å². The normalized spacial score (nSPS) is 13.7. The van der Waals surface area contributed by atoms with Gasteiger partial charge in [0.25, 0.3) is 15.6 Å². The van der Waals surface area contributed by atoms with Gasteiger partial charge in [-0.3, -0.25) is 4.31 Å². The van der Waals surface area contributed by atoms with Crippen molar-refractivity contribution in [3.8, 4) is 0 Å². The monoisotopic (exact) mass is 453 g/mol. The second kappa shape index (κ2) is 6.83. The number of halogens is 7. The van der Waals surface area contributed by atoms with E-state index < -0.39 is 33.5 Å². The molecule has 27 heavy (non-hydrogen) atoms. The highest BCUT2D eigenvalue weighted by Crippen LogP contribution is 2.50. The Morgan fingerprint density at radius 1 is 1.04 bits per heavy atom. The van der Waals surface area contributed by atoms with Crippen LogP contribution in [0.3, 0.4) is 0 Å². The Morgan fingerprint density at radius 3 is 1.89 bits per heavy atom. The van der Waals surface area contributed by atoms with Gasteiger partial charge >= 0.3 is 12.4 Å². The van der Waals surface area contributed by atoms with Crippen molar-refractivity contribution in [1.82, 2.24) is 0 Å². The number of anilines is 1. The van der Waals surface area contributed by atoms with Crippen molar-refractivity contribution in [2.24, 2.45) is 0 Å². The minimum atomic E-state index is -6.03. The largest absolute Gasteiger partial charge is 0.430 e. The van der Waals surface area contributed by atoms with Crippen LogP contribution in [0.2, 0.25) is 4.34 Å². The highest BCUT2D eigenvalue weighted by atomic mass is 35.5. The van der Waals surface area contributed by atoms with E-state index in [4.69, 9.17) is 11.6 Å². The maximum Gasteiger partial charge on any atom is 0.430 e. The van der Waals surface area contributed by atoms with Gasteiger partial charge in [-0.05, 0) is 18.2 Å². The lowest BCUT2D eigenvalue weighted by molar-refractivity contribution is -0.376. The highest BCUT2D eigenvalue weighted by molar-refractivity contribution is 7.93. The molecule has 0 fully saturated rings. The van der Waals surface area contributed by atoms with E-state index in [1.807, 2.05) is 0 Å². The molecule has 0 unspecified atom stereocenters. The third-order valence-corrected chi connectivity index (χ3v) is 6.67. The first-order valence-electron chi connectivity index (χ1n) is 6.81. The van der Waals surface area contributed by atoms with Crippen LogP contribution < -0.4 is 4.31 Å². The topological polar surface area (TPSA) is 57.6 Å². The molecule has 0 radical (unpaired) electrons. The van der Waals surface area contributed by atoms with Crippen LogP contribution in [0.1, 0.15) is 5.56 Å². The Labute approximate surface area is 158 Å². The van der Waals surface area contributed by atoms with Crippen molar-refractivity contribution in [3.63, 3.8) is 0 Å². The Balaban J connectivity index is 2.45. The zero-order valence-electron chi connectivity index (χ0n) is 13.1. The number of hydrogen-bond donors (Lipinski definition) is 1. The molecular formula is C14H10ClF6NO3S2. The van der Waals surface area contributed by atoms with Crippen LogP contribution in [0.5, 0.6) is 0 Å². The van der Waals surface area contributed by atoms with Crippen molar-refractivity contribution in [2.45, 2.75) is 22.8 Å². The molecule has 1 aromatic carbocycles. The Bertz CT molecular complexity index is 908. The molecule has 1 N–H and O–H groups in total. The van der Waals surface area contributed by atoms with Crippen molar-refractivity contribution in [1.29, 1.82) is 0 Å². The molecule has 0 bridgehead atoms. The average molecular weight is 454 g/mol. The van der Waals surface area contributed by atoms with E-state index in [9.17, 15) is 39.9 Å². The summed E-state index contributed by atoms with van der Waals surface area (Å²) in [5.74, 6) is 0. The standard InChI is InChI=1S/C14H10ClF6NO3S2/c1-22(27(24,25)10-6-11(15)26-7-10)9-4-2-8(3-5-9)12(23,13(16,17)18)14(19,20)21/h2-7,23H,1H3. The van der Waals surface area contributed by atoms with Gasteiger partial charge in [-0.2, -0.15) is 26.3 Å². The molecule has 0 aliphatic rings. The first kappa shape index (κ1) is 21.8. The fourth-order valence-electron chi connectivity index (χ4n) is 2.13. The van der Waals surface area contributed by atoms with E-state index in [2.05, 4.69) is 0 Å². The molecule has 0 aliphatic carbocycles. The molecule has 2 rings (SSSR count). The zero-order valence-corrected chi connectivity index (χ0v) is 15.5. The van der Waals surface area contributed by atoms with E-state index in [0.717, 1.165) is 36.6 Å². The van der Waals surface area contributed by atoms with Crippen molar-refractivity contribution in [3.05, 3.63) is 45.6 Å². The predicted octanol–water partition coefficient (Wildman–Crippen LogP) is 4.54. The van der Waals surface area contributed by atoms with Gasteiger partial charge in [-0.25, -0.2) is 8.42 Å². The number of thiophene rings is 1. The summed E-state index contributed by atoms with van der Waals surface area (Å²) in [6.07, 6.45) is -12.1. The third-order valence-electron chi connectivity index (χ3n) is 3.67. The molecule has 0 spiro atoms. The van der Waals surface area contributed by atoms with E-state index in [1.54, 1.807) is 0 Å². The number of sulfonamides is 1. The third kappa shape index (κ3) is 3.75. The van der Waals surface area contributed by atoms with E-state index in [0.29, 0.717) is 16.4 Å². The minimum absolute atomic E-state index is 0.178. The molecule has 0 amide bonds. The fraction of sp³-hybridized carbons (Fsp3) is 0.286. The van der Waals surface area contributed by atoms with E-state index in [1.165, 1.54) is 5.38 Å². The lowest BCUT2D eigenvalue weighted by Gasteiger charge is -2.32. The molecule has 2 aromatic rings.